The van der Waals surface area contributed by atoms with Gasteiger partial charge in [-0.3, -0.25) is 4.79 Å². The molecule has 1 saturated heterocycles. The normalized spacial score (nSPS) is 17.1. The predicted molar refractivity (Wildman–Crippen MR) is 82.1 cm³/mol. The zero-order chi connectivity index (χ0) is 15.2. The Morgan fingerprint density at radius 1 is 1.24 bits per heavy atom. The van der Waals surface area contributed by atoms with Crippen molar-refractivity contribution >= 4 is 5.91 Å². The smallest absolute Gasteiger partial charge is 0.251 e. The van der Waals surface area contributed by atoms with E-state index in [4.69, 9.17) is 9.47 Å². The first-order valence-corrected chi connectivity index (χ1v) is 7.39. The fourth-order valence-corrected chi connectivity index (χ4v) is 2.73. The first-order valence-electron chi connectivity index (χ1n) is 7.39. The Morgan fingerprint density at radius 2 is 1.90 bits per heavy atom. The highest BCUT2D eigenvalue weighted by atomic mass is 16.5. The van der Waals surface area contributed by atoms with E-state index in [9.17, 15) is 4.79 Å². The SMILES string of the molecule is COc1ccc(C(=O)NC(C)C2CCNCC2)cc1OC. The van der Waals surface area contributed by atoms with Crippen molar-refractivity contribution < 1.29 is 14.3 Å². The van der Waals surface area contributed by atoms with Gasteiger partial charge in [0.2, 0.25) is 0 Å². The largest absolute Gasteiger partial charge is 0.493 e. The number of hydrogen-bond acceptors (Lipinski definition) is 4. The summed E-state index contributed by atoms with van der Waals surface area (Å²) in [6.07, 6.45) is 2.21. The Kier molecular flexibility index (Phi) is 5.44. The van der Waals surface area contributed by atoms with Crippen molar-refractivity contribution in [3.05, 3.63) is 23.8 Å². The second-order valence-corrected chi connectivity index (χ2v) is 5.42. The molecule has 0 bridgehead atoms. The van der Waals surface area contributed by atoms with Gasteiger partial charge in [0.05, 0.1) is 14.2 Å². The Bertz CT molecular complexity index is 484. The summed E-state index contributed by atoms with van der Waals surface area (Å²) in [7, 11) is 3.15. The van der Waals surface area contributed by atoms with Gasteiger partial charge in [0.15, 0.2) is 11.5 Å². The van der Waals surface area contributed by atoms with Gasteiger partial charge in [-0.15, -0.1) is 0 Å². The molecule has 1 amide bonds. The summed E-state index contributed by atoms with van der Waals surface area (Å²) in [5.41, 5.74) is 0.591. The summed E-state index contributed by atoms with van der Waals surface area (Å²) in [6, 6.07) is 5.39. The molecule has 1 aliphatic rings. The minimum atomic E-state index is -0.0676. The highest BCUT2D eigenvalue weighted by Gasteiger charge is 2.22. The van der Waals surface area contributed by atoms with Gasteiger partial charge in [-0.1, -0.05) is 0 Å². The summed E-state index contributed by atoms with van der Waals surface area (Å²) in [5, 5.41) is 6.43. The Labute approximate surface area is 126 Å². The van der Waals surface area contributed by atoms with Crippen molar-refractivity contribution in [1.29, 1.82) is 0 Å². The van der Waals surface area contributed by atoms with Crippen LogP contribution >= 0.6 is 0 Å². The number of amides is 1. The van der Waals surface area contributed by atoms with Crippen LogP contribution < -0.4 is 20.1 Å². The third-order valence-corrected chi connectivity index (χ3v) is 4.10. The summed E-state index contributed by atoms with van der Waals surface area (Å²) in [5.74, 6) is 1.66. The number of methoxy groups -OCH3 is 2. The van der Waals surface area contributed by atoms with Gasteiger partial charge in [0.25, 0.3) is 5.91 Å². The average Bonchev–Trinajstić information content (AvgIpc) is 2.54. The molecule has 0 spiro atoms. The zero-order valence-corrected chi connectivity index (χ0v) is 12.9. The molecule has 0 radical (unpaired) electrons. The molecular weight excluding hydrogens is 268 g/mol. The van der Waals surface area contributed by atoms with Gasteiger partial charge < -0.3 is 20.1 Å². The number of ether oxygens (including phenoxy) is 2. The van der Waals surface area contributed by atoms with E-state index in [0.29, 0.717) is 23.0 Å². The third kappa shape index (κ3) is 3.88. The maximum Gasteiger partial charge on any atom is 0.251 e. The molecule has 1 aromatic carbocycles. The fourth-order valence-electron chi connectivity index (χ4n) is 2.73. The van der Waals surface area contributed by atoms with E-state index in [1.165, 1.54) is 0 Å². The molecular formula is C16H24N2O3. The van der Waals surface area contributed by atoms with E-state index in [1.807, 2.05) is 0 Å². The molecule has 0 aromatic heterocycles. The van der Waals surface area contributed by atoms with E-state index in [0.717, 1.165) is 25.9 Å². The predicted octanol–water partition coefficient (Wildman–Crippen LogP) is 1.82. The van der Waals surface area contributed by atoms with E-state index >= 15 is 0 Å². The molecule has 5 nitrogen and oxygen atoms in total. The molecule has 21 heavy (non-hydrogen) atoms. The fraction of sp³-hybridized carbons (Fsp3) is 0.562. The van der Waals surface area contributed by atoms with Gasteiger partial charge in [-0.25, -0.2) is 0 Å². The minimum Gasteiger partial charge on any atom is -0.493 e. The van der Waals surface area contributed by atoms with Gasteiger partial charge in [-0.2, -0.15) is 0 Å². The molecule has 5 heteroatoms. The molecule has 1 heterocycles. The number of benzene rings is 1. The van der Waals surface area contributed by atoms with Crippen molar-refractivity contribution in [2.24, 2.45) is 5.92 Å². The van der Waals surface area contributed by atoms with Crippen LogP contribution in [0.1, 0.15) is 30.1 Å². The number of nitrogens with one attached hydrogen (secondary N) is 2. The van der Waals surface area contributed by atoms with Crippen LogP contribution in [0.5, 0.6) is 11.5 Å². The highest BCUT2D eigenvalue weighted by Crippen LogP contribution is 2.27. The molecule has 1 aliphatic heterocycles. The van der Waals surface area contributed by atoms with Crippen LogP contribution in [0.4, 0.5) is 0 Å². The second kappa shape index (κ2) is 7.31. The van der Waals surface area contributed by atoms with E-state index in [1.54, 1.807) is 32.4 Å². The van der Waals surface area contributed by atoms with Gasteiger partial charge in [0.1, 0.15) is 0 Å². The summed E-state index contributed by atoms with van der Waals surface area (Å²) in [6.45, 7) is 4.14. The lowest BCUT2D eigenvalue weighted by molar-refractivity contribution is 0.0920. The topological polar surface area (TPSA) is 59.6 Å². The van der Waals surface area contributed by atoms with Gasteiger partial charge in [0, 0.05) is 11.6 Å². The number of hydrogen-bond donors (Lipinski definition) is 2. The Morgan fingerprint density at radius 3 is 2.52 bits per heavy atom. The second-order valence-electron chi connectivity index (χ2n) is 5.42. The molecule has 2 rings (SSSR count). The van der Waals surface area contributed by atoms with Crippen molar-refractivity contribution in [3.63, 3.8) is 0 Å². The Hall–Kier alpha value is -1.75. The molecule has 0 saturated carbocycles. The van der Waals surface area contributed by atoms with Crippen LogP contribution in [0, 0.1) is 5.92 Å². The Balaban J connectivity index is 2.02. The molecule has 1 aromatic rings. The lowest BCUT2D eigenvalue weighted by atomic mass is 9.91. The van der Waals surface area contributed by atoms with Crippen molar-refractivity contribution in [2.45, 2.75) is 25.8 Å². The first kappa shape index (κ1) is 15.6. The van der Waals surface area contributed by atoms with Crippen LogP contribution in [0.15, 0.2) is 18.2 Å². The first-order chi connectivity index (χ1) is 10.2. The van der Waals surface area contributed by atoms with Gasteiger partial charge in [-0.05, 0) is 57.0 Å². The lowest BCUT2D eigenvalue weighted by Crippen LogP contribution is -2.42. The number of carbonyl (C=O) groups is 1. The lowest BCUT2D eigenvalue weighted by Gasteiger charge is -2.28. The van der Waals surface area contributed by atoms with Crippen molar-refractivity contribution in [1.82, 2.24) is 10.6 Å². The van der Waals surface area contributed by atoms with Gasteiger partial charge >= 0.3 is 0 Å². The standard InChI is InChI=1S/C16H24N2O3/c1-11(12-6-8-17-9-7-12)18-16(19)13-4-5-14(20-2)15(10-13)21-3/h4-5,10-12,17H,6-9H2,1-3H3,(H,18,19). The van der Waals surface area contributed by atoms with Crippen molar-refractivity contribution in [3.8, 4) is 11.5 Å². The van der Waals surface area contributed by atoms with Crippen LogP contribution in [0.25, 0.3) is 0 Å². The molecule has 0 aliphatic carbocycles. The van der Waals surface area contributed by atoms with Crippen LogP contribution in [0.2, 0.25) is 0 Å². The molecule has 116 valence electrons. The minimum absolute atomic E-state index is 0.0676. The van der Waals surface area contributed by atoms with E-state index in [2.05, 4.69) is 17.6 Å². The molecule has 1 atom stereocenters. The maximum absolute atomic E-state index is 12.3. The summed E-state index contributed by atoms with van der Waals surface area (Å²) in [4.78, 5) is 12.3. The van der Waals surface area contributed by atoms with Crippen LogP contribution in [0.3, 0.4) is 0 Å². The maximum atomic E-state index is 12.3. The molecule has 1 fully saturated rings. The van der Waals surface area contributed by atoms with Crippen LogP contribution in [-0.2, 0) is 0 Å². The number of piperidine rings is 1. The number of carbonyl (C=O) groups excluding carboxylic acids is 1. The highest BCUT2D eigenvalue weighted by molar-refractivity contribution is 5.95. The quantitative estimate of drug-likeness (QED) is 0.869. The third-order valence-electron chi connectivity index (χ3n) is 4.10. The average molecular weight is 292 g/mol. The van der Waals surface area contributed by atoms with Crippen LogP contribution in [-0.4, -0.2) is 39.3 Å². The van der Waals surface area contributed by atoms with E-state index < -0.39 is 0 Å². The van der Waals surface area contributed by atoms with Crippen molar-refractivity contribution in [2.75, 3.05) is 27.3 Å². The summed E-state index contributed by atoms with van der Waals surface area (Å²) < 4.78 is 10.4. The molecule has 2 N–H and O–H groups in total. The molecule has 1 unspecified atom stereocenters. The zero-order valence-electron chi connectivity index (χ0n) is 12.9. The monoisotopic (exact) mass is 292 g/mol. The number of rotatable bonds is 5. The van der Waals surface area contributed by atoms with E-state index in [-0.39, 0.29) is 11.9 Å². The summed E-state index contributed by atoms with van der Waals surface area (Å²) >= 11 is 0.